The van der Waals surface area contributed by atoms with Crippen molar-refractivity contribution in [2.45, 2.75) is 53.6 Å². The minimum atomic E-state index is -0.0806. The number of aryl methyl sites for hydroxylation is 1. The first-order valence-electron chi connectivity index (χ1n) is 6.29. The van der Waals surface area contributed by atoms with Crippen LogP contribution in [0.5, 0.6) is 0 Å². The van der Waals surface area contributed by atoms with E-state index in [4.69, 9.17) is 0 Å². The quantitative estimate of drug-likeness (QED) is 0.927. The molecule has 1 atom stereocenters. The van der Waals surface area contributed by atoms with E-state index in [1.54, 1.807) is 6.20 Å². The van der Waals surface area contributed by atoms with Crippen molar-refractivity contribution in [3.8, 4) is 0 Å². The number of rotatable bonds is 4. The lowest BCUT2D eigenvalue weighted by Gasteiger charge is -2.29. The van der Waals surface area contributed by atoms with Gasteiger partial charge in [0.25, 0.3) is 5.56 Å². The van der Waals surface area contributed by atoms with Gasteiger partial charge in [-0.2, -0.15) is 5.10 Å². The summed E-state index contributed by atoms with van der Waals surface area (Å²) in [4.78, 5) is 12.0. The average Bonchev–Trinajstić information content (AvgIpc) is 2.27. The second-order valence-corrected chi connectivity index (χ2v) is 6.43. The minimum Gasteiger partial charge on any atom is -0.380 e. The molecular formula is C13H22BrN3O. The van der Waals surface area contributed by atoms with Crippen LogP contribution in [-0.2, 0) is 6.54 Å². The van der Waals surface area contributed by atoms with Crippen LogP contribution in [0, 0.1) is 5.41 Å². The maximum absolute atomic E-state index is 12.0. The Labute approximate surface area is 117 Å². The van der Waals surface area contributed by atoms with Gasteiger partial charge in [0.2, 0.25) is 0 Å². The van der Waals surface area contributed by atoms with Crippen molar-refractivity contribution in [3.05, 3.63) is 21.0 Å². The molecular weight excluding hydrogens is 294 g/mol. The molecule has 1 rings (SSSR count). The molecule has 1 unspecified atom stereocenters. The van der Waals surface area contributed by atoms with Gasteiger partial charge in [-0.3, -0.25) is 4.79 Å². The average molecular weight is 316 g/mol. The van der Waals surface area contributed by atoms with Crippen molar-refractivity contribution in [1.82, 2.24) is 9.78 Å². The summed E-state index contributed by atoms with van der Waals surface area (Å²) >= 11 is 3.36. The Kier molecular flexibility index (Phi) is 4.96. The van der Waals surface area contributed by atoms with Gasteiger partial charge in [0.15, 0.2) is 0 Å². The molecule has 102 valence electrons. The number of hydrogen-bond acceptors (Lipinski definition) is 3. The Bertz CT molecular complexity index is 462. The molecule has 0 saturated carbocycles. The summed E-state index contributed by atoms with van der Waals surface area (Å²) in [5.41, 5.74) is 0.801. The molecule has 1 N–H and O–H groups in total. The molecule has 0 aromatic carbocycles. The fourth-order valence-corrected chi connectivity index (χ4v) is 1.81. The van der Waals surface area contributed by atoms with Crippen LogP contribution >= 0.6 is 15.9 Å². The molecule has 0 amide bonds. The first kappa shape index (κ1) is 15.2. The third-order valence-electron chi connectivity index (χ3n) is 3.09. The van der Waals surface area contributed by atoms with Crippen molar-refractivity contribution in [3.63, 3.8) is 0 Å². The van der Waals surface area contributed by atoms with E-state index in [1.165, 1.54) is 4.68 Å². The topological polar surface area (TPSA) is 46.9 Å². The molecule has 1 aromatic rings. The fraction of sp³-hybridized carbons (Fsp3) is 0.692. The zero-order valence-electron chi connectivity index (χ0n) is 11.7. The monoisotopic (exact) mass is 315 g/mol. The second-order valence-electron chi connectivity index (χ2n) is 5.63. The van der Waals surface area contributed by atoms with Crippen molar-refractivity contribution in [2.24, 2.45) is 5.41 Å². The molecule has 0 aliphatic heterocycles. The number of hydrogen-bond donors (Lipinski definition) is 1. The second kappa shape index (κ2) is 5.87. The SMILES string of the molecule is CCCn1ncc(NC(C)C(C)(C)C)c(Br)c1=O. The van der Waals surface area contributed by atoms with E-state index in [-0.39, 0.29) is 17.0 Å². The molecule has 0 spiro atoms. The highest BCUT2D eigenvalue weighted by molar-refractivity contribution is 9.10. The molecule has 0 fully saturated rings. The van der Waals surface area contributed by atoms with Crippen LogP contribution in [0.3, 0.4) is 0 Å². The molecule has 0 bridgehead atoms. The first-order valence-corrected chi connectivity index (χ1v) is 7.08. The summed E-state index contributed by atoms with van der Waals surface area (Å²) in [6, 6.07) is 0.247. The molecule has 1 aromatic heterocycles. The lowest BCUT2D eigenvalue weighted by atomic mass is 9.88. The largest absolute Gasteiger partial charge is 0.380 e. The smallest absolute Gasteiger partial charge is 0.283 e. The minimum absolute atomic E-state index is 0.0806. The standard InChI is InChI=1S/C13H22BrN3O/c1-6-7-17-12(18)11(14)10(8-15-17)16-9(2)13(3,4)5/h8-9,16H,6-7H2,1-5H3. The van der Waals surface area contributed by atoms with Crippen LogP contribution in [-0.4, -0.2) is 15.8 Å². The van der Waals surface area contributed by atoms with Crippen molar-refractivity contribution in [2.75, 3.05) is 5.32 Å². The van der Waals surface area contributed by atoms with Crippen molar-refractivity contribution >= 4 is 21.6 Å². The highest BCUT2D eigenvalue weighted by Gasteiger charge is 2.21. The predicted molar refractivity (Wildman–Crippen MR) is 79.0 cm³/mol. The molecule has 5 heteroatoms. The van der Waals surface area contributed by atoms with E-state index in [0.29, 0.717) is 11.0 Å². The lowest BCUT2D eigenvalue weighted by Crippen LogP contribution is -2.32. The highest BCUT2D eigenvalue weighted by Crippen LogP contribution is 2.25. The van der Waals surface area contributed by atoms with E-state index in [1.807, 2.05) is 6.92 Å². The van der Waals surface area contributed by atoms with Crippen LogP contribution in [0.25, 0.3) is 0 Å². The Hall–Kier alpha value is -0.840. The Morgan fingerprint density at radius 1 is 1.50 bits per heavy atom. The molecule has 1 heterocycles. The summed E-state index contributed by atoms with van der Waals surface area (Å²) < 4.78 is 2.04. The van der Waals surface area contributed by atoms with Crippen LogP contribution in [0.15, 0.2) is 15.5 Å². The van der Waals surface area contributed by atoms with E-state index in [9.17, 15) is 4.79 Å². The predicted octanol–water partition coefficient (Wildman–Crippen LogP) is 3.26. The number of nitrogens with zero attached hydrogens (tertiary/aromatic N) is 2. The third kappa shape index (κ3) is 3.57. The summed E-state index contributed by atoms with van der Waals surface area (Å²) in [6.45, 7) is 11.2. The fourth-order valence-electron chi connectivity index (χ4n) is 1.39. The van der Waals surface area contributed by atoms with Crippen molar-refractivity contribution in [1.29, 1.82) is 0 Å². The van der Waals surface area contributed by atoms with Crippen LogP contribution in [0.2, 0.25) is 0 Å². The Morgan fingerprint density at radius 3 is 2.61 bits per heavy atom. The molecule has 18 heavy (non-hydrogen) atoms. The molecule has 0 saturated heterocycles. The van der Waals surface area contributed by atoms with Gasteiger partial charge in [-0.05, 0) is 34.7 Å². The van der Waals surface area contributed by atoms with E-state index < -0.39 is 0 Å². The van der Waals surface area contributed by atoms with Gasteiger partial charge >= 0.3 is 0 Å². The summed E-state index contributed by atoms with van der Waals surface area (Å²) in [5, 5.41) is 7.51. The zero-order chi connectivity index (χ0) is 13.9. The Morgan fingerprint density at radius 2 is 2.11 bits per heavy atom. The van der Waals surface area contributed by atoms with E-state index >= 15 is 0 Å². The van der Waals surface area contributed by atoms with Gasteiger partial charge in [-0.15, -0.1) is 0 Å². The Balaban J connectivity index is 2.99. The maximum atomic E-state index is 12.0. The number of anilines is 1. The van der Waals surface area contributed by atoms with E-state index in [0.717, 1.165) is 12.1 Å². The molecule has 0 aliphatic rings. The van der Waals surface area contributed by atoms with Gasteiger partial charge in [-0.1, -0.05) is 27.7 Å². The molecule has 0 radical (unpaired) electrons. The summed E-state index contributed by atoms with van der Waals surface area (Å²) in [6.07, 6.45) is 2.61. The number of halogens is 1. The number of aromatic nitrogens is 2. The maximum Gasteiger partial charge on any atom is 0.283 e. The molecule has 4 nitrogen and oxygen atoms in total. The highest BCUT2D eigenvalue weighted by atomic mass is 79.9. The summed E-state index contributed by atoms with van der Waals surface area (Å²) in [5.74, 6) is 0. The van der Waals surface area contributed by atoms with Crippen molar-refractivity contribution < 1.29 is 0 Å². The van der Waals surface area contributed by atoms with Crippen LogP contribution in [0.1, 0.15) is 41.0 Å². The van der Waals surface area contributed by atoms with Crippen LogP contribution < -0.4 is 10.9 Å². The third-order valence-corrected chi connectivity index (χ3v) is 3.86. The lowest BCUT2D eigenvalue weighted by molar-refractivity contribution is 0.359. The van der Waals surface area contributed by atoms with Gasteiger partial charge < -0.3 is 5.32 Å². The van der Waals surface area contributed by atoms with Gasteiger partial charge in [0.1, 0.15) is 4.47 Å². The van der Waals surface area contributed by atoms with Gasteiger partial charge in [0, 0.05) is 12.6 Å². The zero-order valence-corrected chi connectivity index (χ0v) is 13.3. The van der Waals surface area contributed by atoms with Crippen LogP contribution in [0.4, 0.5) is 5.69 Å². The molecule has 0 aliphatic carbocycles. The number of nitrogens with one attached hydrogen (secondary N) is 1. The van der Waals surface area contributed by atoms with Gasteiger partial charge in [-0.25, -0.2) is 4.68 Å². The normalized spacial score (nSPS) is 13.4. The summed E-state index contributed by atoms with van der Waals surface area (Å²) in [7, 11) is 0. The van der Waals surface area contributed by atoms with E-state index in [2.05, 4.69) is 54.0 Å². The first-order chi connectivity index (χ1) is 8.27. The van der Waals surface area contributed by atoms with Gasteiger partial charge in [0.05, 0.1) is 11.9 Å².